The highest BCUT2D eigenvalue weighted by Gasteiger charge is 2.32. The number of imide groups is 1. The number of carbonyl (C=O) groups excluding carboxylic acids is 4. The molecule has 7 nitrogen and oxygen atoms in total. The number of nitrogens with zero attached hydrogens (tertiary/aromatic N) is 1. The second-order valence-corrected chi connectivity index (χ2v) is 7.78. The second kappa shape index (κ2) is 8.65. The van der Waals surface area contributed by atoms with E-state index in [2.05, 4.69) is 5.32 Å². The maximum absolute atomic E-state index is 12.8. The lowest BCUT2D eigenvalue weighted by atomic mass is 9.94. The Morgan fingerprint density at radius 3 is 2.27 bits per heavy atom. The van der Waals surface area contributed by atoms with Gasteiger partial charge in [-0.15, -0.1) is 0 Å². The van der Waals surface area contributed by atoms with Crippen LogP contribution in [-0.2, 0) is 14.3 Å². The van der Waals surface area contributed by atoms with Gasteiger partial charge in [-0.3, -0.25) is 24.1 Å². The lowest BCUT2D eigenvalue weighted by molar-refractivity contribution is -0.148. The third kappa shape index (κ3) is 4.06. The molecule has 0 saturated heterocycles. The molecule has 0 unspecified atom stereocenters. The van der Waals surface area contributed by atoms with E-state index in [1.54, 1.807) is 24.3 Å². The number of nitrogens with one attached hydrogen (secondary N) is 1. The van der Waals surface area contributed by atoms with E-state index >= 15 is 0 Å². The molecule has 2 aromatic rings. The van der Waals surface area contributed by atoms with E-state index in [0.29, 0.717) is 16.5 Å². The fraction of sp³-hybridized carbons (Fsp3) is 0.391. The van der Waals surface area contributed by atoms with Gasteiger partial charge in [-0.1, -0.05) is 37.1 Å². The van der Waals surface area contributed by atoms with Gasteiger partial charge in [0.25, 0.3) is 17.7 Å². The summed E-state index contributed by atoms with van der Waals surface area (Å²) in [5, 5.41) is 4.39. The first kappa shape index (κ1) is 20.1. The Balaban J connectivity index is 1.29. The minimum Gasteiger partial charge on any atom is -0.456 e. The highest BCUT2D eigenvalue weighted by molar-refractivity contribution is 6.25. The molecular weight excluding hydrogens is 384 g/mol. The van der Waals surface area contributed by atoms with Crippen LogP contribution < -0.4 is 5.32 Å². The molecule has 1 saturated carbocycles. The summed E-state index contributed by atoms with van der Waals surface area (Å²) in [5.41, 5.74) is 0.989. The third-order valence-corrected chi connectivity index (χ3v) is 5.70. The topological polar surface area (TPSA) is 92.8 Å². The molecule has 1 aliphatic carbocycles. The zero-order valence-corrected chi connectivity index (χ0v) is 16.7. The van der Waals surface area contributed by atoms with Crippen molar-refractivity contribution in [3.8, 4) is 0 Å². The van der Waals surface area contributed by atoms with Crippen molar-refractivity contribution in [2.24, 2.45) is 0 Å². The fourth-order valence-corrected chi connectivity index (χ4v) is 4.22. The van der Waals surface area contributed by atoms with Crippen molar-refractivity contribution in [3.05, 3.63) is 47.5 Å². The Labute approximate surface area is 174 Å². The quantitative estimate of drug-likeness (QED) is 0.562. The number of amides is 3. The fourth-order valence-electron chi connectivity index (χ4n) is 4.22. The minimum absolute atomic E-state index is 0.0274. The normalized spacial score (nSPS) is 16.2. The van der Waals surface area contributed by atoms with Crippen LogP contribution in [0.4, 0.5) is 0 Å². The van der Waals surface area contributed by atoms with Crippen molar-refractivity contribution in [1.82, 2.24) is 10.2 Å². The smallest absolute Gasteiger partial charge is 0.306 e. The number of esters is 1. The molecule has 1 heterocycles. The molecule has 0 atom stereocenters. The van der Waals surface area contributed by atoms with E-state index in [-0.39, 0.29) is 49.8 Å². The van der Waals surface area contributed by atoms with E-state index in [4.69, 9.17) is 4.74 Å². The lowest BCUT2D eigenvalue weighted by Gasteiger charge is -2.27. The van der Waals surface area contributed by atoms with Gasteiger partial charge in [-0.05, 0) is 36.8 Å². The molecule has 3 amide bonds. The average molecular weight is 408 g/mol. The number of hydrogen-bond donors (Lipinski definition) is 1. The molecule has 0 spiro atoms. The summed E-state index contributed by atoms with van der Waals surface area (Å²) in [6, 6.07) is 10.9. The van der Waals surface area contributed by atoms with Gasteiger partial charge in [-0.25, -0.2) is 0 Å². The summed E-state index contributed by atoms with van der Waals surface area (Å²) in [6.45, 7) is -0.182. The Morgan fingerprint density at radius 1 is 1.00 bits per heavy atom. The molecule has 1 aliphatic heterocycles. The predicted molar refractivity (Wildman–Crippen MR) is 110 cm³/mol. The van der Waals surface area contributed by atoms with Crippen molar-refractivity contribution in [2.45, 2.75) is 44.6 Å². The first-order chi connectivity index (χ1) is 14.5. The molecule has 2 aromatic carbocycles. The highest BCUT2D eigenvalue weighted by Crippen LogP contribution is 2.30. The molecule has 156 valence electrons. The van der Waals surface area contributed by atoms with Crippen LogP contribution in [-0.4, -0.2) is 47.8 Å². The van der Waals surface area contributed by atoms with Crippen LogP contribution in [0.2, 0.25) is 0 Å². The van der Waals surface area contributed by atoms with Crippen molar-refractivity contribution in [2.75, 3.05) is 13.2 Å². The summed E-state index contributed by atoms with van der Waals surface area (Å²) in [5.74, 6) is -1.51. The number of ether oxygens (including phenoxy) is 1. The van der Waals surface area contributed by atoms with Crippen molar-refractivity contribution in [3.63, 3.8) is 0 Å². The van der Waals surface area contributed by atoms with Crippen LogP contribution in [0.5, 0.6) is 0 Å². The molecule has 1 fully saturated rings. The third-order valence-electron chi connectivity index (χ3n) is 5.70. The van der Waals surface area contributed by atoms with Crippen LogP contribution in [0, 0.1) is 0 Å². The first-order valence-corrected chi connectivity index (χ1v) is 10.4. The molecule has 30 heavy (non-hydrogen) atoms. The number of hydrogen-bond acceptors (Lipinski definition) is 5. The van der Waals surface area contributed by atoms with Gasteiger partial charge in [0.1, 0.15) is 0 Å². The zero-order valence-electron chi connectivity index (χ0n) is 16.7. The minimum atomic E-state index is -0.518. The molecule has 2 aliphatic rings. The van der Waals surface area contributed by atoms with Gasteiger partial charge in [0.2, 0.25) is 0 Å². The maximum atomic E-state index is 12.8. The molecule has 4 rings (SSSR count). The lowest BCUT2D eigenvalue weighted by Crippen LogP contribution is -2.41. The van der Waals surface area contributed by atoms with Crippen molar-refractivity contribution < 1.29 is 23.9 Å². The van der Waals surface area contributed by atoms with E-state index < -0.39 is 5.97 Å². The van der Waals surface area contributed by atoms with Crippen molar-refractivity contribution in [1.29, 1.82) is 0 Å². The van der Waals surface area contributed by atoms with Gasteiger partial charge < -0.3 is 10.1 Å². The van der Waals surface area contributed by atoms with E-state index in [1.165, 1.54) is 4.90 Å². The second-order valence-electron chi connectivity index (χ2n) is 7.78. The summed E-state index contributed by atoms with van der Waals surface area (Å²) >= 11 is 0. The van der Waals surface area contributed by atoms with Crippen LogP contribution in [0.3, 0.4) is 0 Å². The summed E-state index contributed by atoms with van der Waals surface area (Å²) in [6.07, 6.45) is 4.45. The predicted octanol–water partition coefficient (Wildman–Crippen LogP) is 2.82. The van der Waals surface area contributed by atoms with Gasteiger partial charge in [0.05, 0.1) is 0 Å². The van der Waals surface area contributed by atoms with Crippen LogP contribution >= 0.6 is 0 Å². The Kier molecular flexibility index (Phi) is 5.79. The summed E-state index contributed by atoms with van der Waals surface area (Å²) < 4.78 is 5.02. The van der Waals surface area contributed by atoms with Gasteiger partial charge in [0.15, 0.2) is 6.61 Å². The monoisotopic (exact) mass is 408 g/mol. The highest BCUT2D eigenvalue weighted by atomic mass is 16.5. The standard InChI is InChI=1S/C23H24N2O5/c26-19(24-16-8-1-2-9-16)14-30-20(27)12-5-13-25-22(28)17-10-3-6-15-7-4-11-18(21(15)17)23(25)29/h3-4,6-7,10-11,16H,1-2,5,8-9,12-14H2,(H,24,26). The SMILES string of the molecule is O=C(COC(=O)CCCN1C(=O)c2cccc3cccc(c23)C1=O)NC1CCCC1. The molecule has 1 N–H and O–H groups in total. The number of benzene rings is 2. The Hall–Kier alpha value is -3.22. The molecule has 0 bridgehead atoms. The average Bonchev–Trinajstić information content (AvgIpc) is 3.25. The zero-order chi connectivity index (χ0) is 21.1. The van der Waals surface area contributed by atoms with Crippen LogP contribution in [0.1, 0.15) is 59.2 Å². The number of carbonyl (C=O) groups is 4. The van der Waals surface area contributed by atoms with E-state index in [1.807, 2.05) is 12.1 Å². The summed E-state index contributed by atoms with van der Waals surface area (Å²) in [7, 11) is 0. The van der Waals surface area contributed by atoms with Gasteiger partial charge in [-0.2, -0.15) is 0 Å². The van der Waals surface area contributed by atoms with Crippen LogP contribution in [0.15, 0.2) is 36.4 Å². The van der Waals surface area contributed by atoms with E-state index in [9.17, 15) is 19.2 Å². The Morgan fingerprint density at radius 2 is 1.63 bits per heavy atom. The Bertz CT molecular complexity index is 959. The molecular formula is C23H24N2O5. The maximum Gasteiger partial charge on any atom is 0.306 e. The van der Waals surface area contributed by atoms with E-state index in [0.717, 1.165) is 31.1 Å². The largest absolute Gasteiger partial charge is 0.456 e. The van der Waals surface area contributed by atoms with Gasteiger partial charge in [0, 0.05) is 35.5 Å². The molecule has 0 aromatic heterocycles. The molecule has 0 radical (unpaired) electrons. The van der Waals surface area contributed by atoms with Crippen LogP contribution in [0.25, 0.3) is 10.8 Å². The molecule has 7 heteroatoms. The number of rotatable bonds is 7. The summed E-state index contributed by atoms with van der Waals surface area (Å²) in [4.78, 5) is 50.6. The van der Waals surface area contributed by atoms with Crippen molar-refractivity contribution >= 4 is 34.5 Å². The van der Waals surface area contributed by atoms with Gasteiger partial charge >= 0.3 is 5.97 Å². The first-order valence-electron chi connectivity index (χ1n) is 10.4.